The maximum atomic E-state index is 12.4. The van der Waals surface area contributed by atoms with E-state index in [1.807, 2.05) is 0 Å². The monoisotopic (exact) mass is 761 g/mol. The lowest BCUT2D eigenvalue weighted by atomic mass is 10.0. The van der Waals surface area contributed by atoms with Gasteiger partial charge in [-0.15, -0.1) is 0 Å². The second-order valence-corrected chi connectivity index (χ2v) is 17.1. The van der Waals surface area contributed by atoms with Crippen LogP contribution in [-0.4, -0.2) is 41.0 Å². The highest BCUT2D eigenvalue weighted by Gasteiger charge is 2.23. The van der Waals surface area contributed by atoms with Gasteiger partial charge in [0, 0.05) is 12.8 Å². The fourth-order valence-corrected chi connectivity index (χ4v) is 7.10. The average molecular weight is 761 g/mol. The molecule has 0 aliphatic rings. The summed E-state index contributed by atoms with van der Waals surface area (Å²) in [6, 6.07) is 0. The van der Waals surface area contributed by atoms with E-state index in [1.54, 1.807) is 0 Å². The van der Waals surface area contributed by atoms with Crippen LogP contribution in [0.1, 0.15) is 239 Å². The van der Waals surface area contributed by atoms with E-state index in [0.717, 1.165) is 38.0 Å². The number of phosphoric ester groups is 1. The summed E-state index contributed by atoms with van der Waals surface area (Å²) >= 11 is 0. The summed E-state index contributed by atoms with van der Waals surface area (Å²) in [5.74, 6) is -0.0399. The highest BCUT2D eigenvalue weighted by Crippen LogP contribution is 2.36. The van der Waals surface area contributed by atoms with Gasteiger partial charge in [-0.3, -0.25) is 14.1 Å². The quantitative estimate of drug-likeness (QED) is 0.0359. The number of rotatable bonds is 41. The minimum atomic E-state index is -4.75. The second kappa shape index (κ2) is 38.3. The minimum absolute atomic E-state index is 0.220. The second-order valence-electron chi connectivity index (χ2n) is 15.9. The highest BCUT2D eigenvalue weighted by atomic mass is 31.2. The van der Waals surface area contributed by atoms with E-state index >= 15 is 0 Å². The van der Waals surface area contributed by atoms with Crippen LogP contribution in [-0.2, 0) is 28.2 Å². The highest BCUT2D eigenvalue weighted by molar-refractivity contribution is 7.46. The Morgan fingerprint density at radius 2 is 0.808 bits per heavy atom. The molecule has 0 aromatic carbocycles. The summed E-state index contributed by atoms with van der Waals surface area (Å²) in [4.78, 5) is 42.9. The lowest BCUT2D eigenvalue weighted by Crippen LogP contribution is -2.29. The summed E-state index contributed by atoms with van der Waals surface area (Å²) in [5.41, 5.74) is 0. The Bertz CT molecular complexity index is 830. The predicted molar refractivity (Wildman–Crippen MR) is 216 cm³/mol. The molecule has 52 heavy (non-hydrogen) atoms. The number of carbonyl (C=O) groups excluding carboxylic acids is 2. The molecule has 310 valence electrons. The number of phosphoric acid groups is 1. The fraction of sp³-hybridized carbons (Fsp3) is 0.953. The smallest absolute Gasteiger partial charge is 0.462 e. The van der Waals surface area contributed by atoms with Crippen molar-refractivity contribution in [2.24, 2.45) is 5.92 Å². The van der Waals surface area contributed by atoms with Gasteiger partial charge >= 0.3 is 19.8 Å². The van der Waals surface area contributed by atoms with Gasteiger partial charge in [0.2, 0.25) is 0 Å². The zero-order valence-corrected chi connectivity index (χ0v) is 35.3. The first-order valence-electron chi connectivity index (χ1n) is 22.2. The number of unbranched alkanes of at least 4 members (excludes halogenated alkanes) is 29. The van der Waals surface area contributed by atoms with Gasteiger partial charge in [0.05, 0.1) is 6.61 Å². The summed E-state index contributed by atoms with van der Waals surface area (Å²) < 4.78 is 26.4. The Morgan fingerprint density at radius 3 is 1.15 bits per heavy atom. The molecule has 0 aromatic rings. The van der Waals surface area contributed by atoms with Crippen LogP contribution < -0.4 is 0 Å². The molecule has 0 fully saturated rings. The van der Waals surface area contributed by atoms with Gasteiger partial charge in [-0.05, 0) is 18.8 Å². The molecule has 0 heterocycles. The number of carbonyl (C=O) groups is 2. The molecule has 0 unspecified atom stereocenters. The largest absolute Gasteiger partial charge is 0.469 e. The molecule has 9 heteroatoms. The number of hydrogen-bond acceptors (Lipinski definition) is 6. The van der Waals surface area contributed by atoms with Gasteiger partial charge < -0.3 is 19.3 Å². The van der Waals surface area contributed by atoms with Crippen molar-refractivity contribution in [3.05, 3.63) is 0 Å². The Kier molecular flexibility index (Phi) is 37.6. The summed E-state index contributed by atoms with van der Waals surface area (Å²) in [6.07, 6.45) is 39.7. The maximum absolute atomic E-state index is 12.4. The molecular formula is C43H85O8P. The molecule has 0 amide bonds. The van der Waals surface area contributed by atoms with Gasteiger partial charge in [-0.1, -0.05) is 213 Å². The third-order valence-electron chi connectivity index (χ3n) is 10.1. The van der Waals surface area contributed by atoms with Crippen LogP contribution >= 0.6 is 7.82 Å². The zero-order valence-electron chi connectivity index (χ0n) is 34.4. The van der Waals surface area contributed by atoms with Crippen LogP contribution in [0.4, 0.5) is 0 Å². The van der Waals surface area contributed by atoms with Crippen molar-refractivity contribution < 1.29 is 37.9 Å². The topological polar surface area (TPSA) is 119 Å². The van der Waals surface area contributed by atoms with Gasteiger partial charge in [-0.25, -0.2) is 4.57 Å². The van der Waals surface area contributed by atoms with Gasteiger partial charge in [0.15, 0.2) is 6.10 Å². The fourth-order valence-electron chi connectivity index (χ4n) is 6.74. The van der Waals surface area contributed by atoms with Crippen molar-refractivity contribution in [1.82, 2.24) is 0 Å². The van der Waals surface area contributed by atoms with Crippen LogP contribution in [0, 0.1) is 5.92 Å². The summed E-state index contributed by atoms with van der Waals surface area (Å²) in [7, 11) is -4.75. The molecule has 0 saturated heterocycles. The molecule has 0 spiro atoms. The van der Waals surface area contributed by atoms with Crippen molar-refractivity contribution in [2.75, 3.05) is 13.2 Å². The van der Waals surface area contributed by atoms with Gasteiger partial charge in [0.1, 0.15) is 6.61 Å². The van der Waals surface area contributed by atoms with Crippen molar-refractivity contribution in [2.45, 2.75) is 245 Å². The zero-order chi connectivity index (χ0) is 38.4. The van der Waals surface area contributed by atoms with Crippen LogP contribution in [0.25, 0.3) is 0 Å². The standard InChI is InChI=1S/C43H85O8P/c1-4-5-6-7-8-9-10-11-12-13-14-15-18-22-25-28-31-34-37-43(45)51-41(39-50-52(46,47)48)38-49-42(44)36-33-30-27-24-21-19-16-17-20-23-26-29-32-35-40(2)3/h40-41H,4-39H2,1-3H3,(H2,46,47,48)/t41-/m1/s1. The summed E-state index contributed by atoms with van der Waals surface area (Å²) in [5, 5.41) is 0. The van der Waals surface area contributed by atoms with E-state index < -0.39 is 32.5 Å². The Balaban J connectivity index is 3.83. The van der Waals surface area contributed by atoms with E-state index in [2.05, 4.69) is 25.3 Å². The Morgan fingerprint density at radius 1 is 0.481 bits per heavy atom. The molecule has 0 aliphatic carbocycles. The van der Waals surface area contributed by atoms with E-state index in [0.29, 0.717) is 6.42 Å². The average Bonchev–Trinajstić information content (AvgIpc) is 3.10. The molecule has 0 bridgehead atoms. The molecule has 1 atom stereocenters. The Labute approximate surface area is 321 Å². The predicted octanol–water partition coefficient (Wildman–Crippen LogP) is 13.5. The van der Waals surface area contributed by atoms with Crippen molar-refractivity contribution in [3.8, 4) is 0 Å². The third-order valence-corrected chi connectivity index (χ3v) is 10.5. The lowest BCUT2D eigenvalue weighted by molar-refractivity contribution is -0.161. The van der Waals surface area contributed by atoms with E-state index in [1.165, 1.54) is 167 Å². The molecule has 8 nitrogen and oxygen atoms in total. The van der Waals surface area contributed by atoms with Crippen molar-refractivity contribution in [1.29, 1.82) is 0 Å². The van der Waals surface area contributed by atoms with Gasteiger partial charge in [-0.2, -0.15) is 0 Å². The molecule has 2 N–H and O–H groups in total. The van der Waals surface area contributed by atoms with Crippen molar-refractivity contribution in [3.63, 3.8) is 0 Å². The normalized spacial score (nSPS) is 12.4. The third kappa shape index (κ3) is 41.8. The first-order valence-corrected chi connectivity index (χ1v) is 23.7. The molecule has 0 aromatic heterocycles. The molecule has 0 rings (SSSR count). The first-order chi connectivity index (χ1) is 25.1. The molecule has 0 aliphatic heterocycles. The van der Waals surface area contributed by atoms with Crippen LogP contribution in [0.5, 0.6) is 0 Å². The van der Waals surface area contributed by atoms with Crippen LogP contribution in [0.3, 0.4) is 0 Å². The SMILES string of the molecule is CCCCCCCCCCCCCCCCCCCCC(=O)O[C@H](COC(=O)CCCCCCCCCCCCCCCC(C)C)COP(=O)(O)O. The van der Waals surface area contributed by atoms with Crippen LogP contribution in [0.2, 0.25) is 0 Å². The maximum Gasteiger partial charge on any atom is 0.469 e. The lowest BCUT2D eigenvalue weighted by Gasteiger charge is -2.18. The van der Waals surface area contributed by atoms with Crippen LogP contribution in [0.15, 0.2) is 0 Å². The van der Waals surface area contributed by atoms with E-state index in [4.69, 9.17) is 19.3 Å². The first kappa shape index (κ1) is 51.0. The Hall–Kier alpha value is -0.950. The number of ether oxygens (including phenoxy) is 2. The number of hydrogen-bond donors (Lipinski definition) is 2. The number of esters is 2. The molecule has 0 radical (unpaired) electrons. The van der Waals surface area contributed by atoms with E-state index in [9.17, 15) is 14.2 Å². The van der Waals surface area contributed by atoms with E-state index in [-0.39, 0.29) is 19.4 Å². The van der Waals surface area contributed by atoms with Crippen molar-refractivity contribution >= 4 is 19.8 Å². The summed E-state index contributed by atoms with van der Waals surface area (Å²) in [6.45, 7) is 6.06. The minimum Gasteiger partial charge on any atom is -0.462 e. The molecular weight excluding hydrogens is 675 g/mol. The van der Waals surface area contributed by atoms with Gasteiger partial charge in [0.25, 0.3) is 0 Å². The molecule has 0 saturated carbocycles.